The van der Waals surface area contributed by atoms with E-state index in [-0.39, 0.29) is 0 Å². The van der Waals surface area contributed by atoms with E-state index in [1.165, 1.54) is 18.5 Å². The zero-order chi connectivity index (χ0) is 14.5. The Morgan fingerprint density at radius 1 is 1.37 bits per heavy atom. The second-order valence-corrected chi connectivity index (χ2v) is 6.84. The topological polar surface area (TPSA) is 29.9 Å². The molecule has 1 aromatic heterocycles. The summed E-state index contributed by atoms with van der Waals surface area (Å²) >= 11 is 0. The molecule has 1 heterocycles. The zero-order valence-electron chi connectivity index (χ0n) is 13.5. The van der Waals surface area contributed by atoms with Crippen molar-refractivity contribution >= 4 is 0 Å². The molecular weight excluding hydrogens is 234 g/mol. The number of hydrogen-bond donors (Lipinski definition) is 1. The van der Waals surface area contributed by atoms with Crippen molar-refractivity contribution in [3.05, 3.63) is 18.0 Å². The van der Waals surface area contributed by atoms with Crippen molar-refractivity contribution in [2.24, 2.45) is 18.4 Å². The van der Waals surface area contributed by atoms with E-state index in [0.717, 1.165) is 13.0 Å². The van der Waals surface area contributed by atoms with Crippen LogP contribution in [0.15, 0.2) is 12.3 Å². The lowest BCUT2D eigenvalue weighted by Gasteiger charge is -2.31. The molecule has 0 amide bonds. The van der Waals surface area contributed by atoms with Crippen molar-refractivity contribution < 1.29 is 0 Å². The highest BCUT2D eigenvalue weighted by atomic mass is 15.2. The molecule has 19 heavy (non-hydrogen) atoms. The van der Waals surface area contributed by atoms with Crippen LogP contribution in [-0.2, 0) is 13.5 Å². The van der Waals surface area contributed by atoms with E-state index in [0.29, 0.717) is 17.4 Å². The molecule has 0 saturated heterocycles. The van der Waals surface area contributed by atoms with Gasteiger partial charge in [0.2, 0.25) is 0 Å². The second-order valence-electron chi connectivity index (χ2n) is 6.84. The number of nitrogens with one attached hydrogen (secondary N) is 1. The molecule has 3 nitrogen and oxygen atoms in total. The van der Waals surface area contributed by atoms with Gasteiger partial charge in [-0.3, -0.25) is 4.68 Å². The van der Waals surface area contributed by atoms with Gasteiger partial charge < -0.3 is 5.32 Å². The number of aromatic nitrogens is 2. The summed E-state index contributed by atoms with van der Waals surface area (Å²) in [5.74, 6) is 0.700. The molecule has 0 spiro atoms. The van der Waals surface area contributed by atoms with Crippen LogP contribution in [-0.4, -0.2) is 22.4 Å². The second kappa shape index (κ2) is 7.09. The van der Waals surface area contributed by atoms with Gasteiger partial charge in [0, 0.05) is 25.7 Å². The van der Waals surface area contributed by atoms with E-state index in [2.05, 4.69) is 51.1 Å². The van der Waals surface area contributed by atoms with E-state index < -0.39 is 0 Å². The van der Waals surface area contributed by atoms with E-state index in [4.69, 9.17) is 0 Å². The molecule has 2 unspecified atom stereocenters. The minimum Gasteiger partial charge on any atom is -0.314 e. The van der Waals surface area contributed by atoms with Crippen LogP contribution in [0.2, 0.25) is 0 Å². The Morgan fingerprint density at radius 3 is 2.53 bits per heavy atom. The highest BCUT2D eigenvalue weighted by Crippen LogP contribution is 2.29. The van der Waals surface area contributed by atoms with E-state index >= 15 is 0 Å². The Labute approximate surface area is 118 Å². The highest BCUT2D eigenvalue weighted by molar-refractivity contribution is 5.01. The van der Waals surface area contributed by atoms with Crippen LogP contribution in [0.5, 0.6) is 0 Å². The van der Waals surface area contributed by atoms with Gasteiger partial charge in [-0.25, -0.2) is 0 Å². The van der Waals surface area contributed by atoms with Crippen molar-refractivity contribution in [1.29, 1.82) is 0 Å². The molecule has 2 atom stereocenters. The molecule has 0 saturated carbocycles. The predicted octanol–water partition coefficient (Wildman–Crippen LogP) is 3.40. The first-order valence-corrected chi connectivity index (χ1v) is 7.54. The van der Waals surface area contributed by atoms with E-state index in [9.17, 15) is 0 Å². The predicted molar refractivity (Wildman–Crippen MR) is 82.2 cm³/mol. The van der Waals surface area contributed by atoms with Crippen LogP contribution >= 0.6 is 0 Å². The van der Waals surface area contributed by atoms with Crippen LogP contribution in [0.4, 0.5) is 0 Å². The first kappa shape index (κ1) is 16.2. The monoisotopic (exact) mass is 265 g/mol. The number of rotatable bonds is 7. The van der Waals surface area contributed by atoms with Gasteiger partial charge in [-0.1, -0.05) is 34.6 Å². The quantitative estimate of drug-likeness (QED) is 0.819. The minimum atomic E-state index is 0.371. The summed E-state index contributed by atoms with van der Waals surface area (Å²) in [6.45, 7) is 12.7. The third-order valence-electron chi connectivity index (χ3n) is 4.02. The zero-order valence-corrected chi connectivity index (χ0v) is 13.5. The summed E-state index contributed by atoms with van der Waals surface area (Å²) in [7, 11) is 1.98. The highest BCUT2D eigenvalue weighted by Gasteiger charge is 2.23. The number of nitrogens with zero attached hydrogens (tertiary/aromatic N) is 2. The lowest BCUT2D eigenvalue weighted by atomic mass is 9.78. The average molecular weight is 265 g/mol. The van der Waals surface area contributed by atoms with Crippen LogP contribution in [0, 0.1) is 11.3 Å². The molecule has 0 aliphatic rings. The van der Waals surface area contributed by atoms with Gasteiger partial charge in [0.1, 0.15) is 0 Å². The van der Waals surface area contributed by atoms with Gasteiger partial charge in [0.25, 0.3) is 0 Å². The molecule has 1 aromatic rings. The van der Waals surface area contributed by atoms with Gasteiger partial charge in [0.15, 0.2) is 0 Å². The van der Waals surface area contributed by atoms with Crippen molar-refractivity contribution in [2.75, 3.05) is 6.54 Å². The van der Waals surface area contributed by atoms with Crippen molar-refractivity contribution in [3.8, 4) is 0 Å². The van der Waals surface area contributed by atoms with E-state index in [1.54, 1.807) is 0 Å². The fraction of sp³-hybridized carbons (Fsp3) is 0.812. The molecular formula is C16H31N3. The number of hydrogen-bond acceptors (Lipinski definition) is 2. The van der Waals surface area contributed by atoms with Gasteiger partial charge in [0.05, 0.1) is 5.69 Å². The molecule has 0 fully saturated rings. The molecule has 0 bridgehead atoms. The molecule has 0 aromatic carbocycles. The SMILES string of the molecule is CCCNC(Cc1ccn(C)n1)CC(C)C(C)(C)C. The Kier molecular flexibility index (Phi) is 6.05. The Hall–Kier alpha value is -0.830. The van der Waals surface area contributed by atoms with Crippen LogP contribution in [0.3, 0.4) is 0 Å². The first-order valence-electron chi connectivity index (χ1n) is 7.54. The first-order chi connectivity index (χ1) is 8.82. The lowest BCUT2D eigenvalue weighted by Crippen LogP contribution is -2.36. The van der Waals surface area contributed by atoms with Crippen LogP contribution in [0.1, 0.15) is 53.2 Å². The molecule has 110 valence electrons. The van der Waals surface area contributed by atoms with Gasteiger partial charge in [-0.15, -0.1) is 0 Å². The summed E-state index contributed by atoms with van der Waals surface area (Å²) in [5.41, 5.74) is 1.56. The largest absolute Gasteiger partial charge is 0.314 e. The normalized spacial score (nSPS) is 15.5. The maximum Gasteiger partial charge on any atom is 0.0640 e. The van der Waals surface area contributed by atoms with Crippen molar-refractivity contribution in [3.63, 3.8) is 0 Å². The Bertz CT molecular complexity index is 362. The van der Waals surface area contributed by atoms with Crippen LogP contribution in [0.25, 0.3) is 0 Å². The maximum absolute atomic E-state index is 4.50. The summed E-state index contributed by atoms with van der Waals surface area (Å²) in [5, 5.41) is 8.19. The van der Waals surface area contributed by atoms with Gasteiger partial charge in [-0.2, -0.15) is 5.10 Å². The molecule has 1 N–H and O–H groups in total. The molecule has 0 radical (unpaired) electrons. The molecule has 3 heteroatoms. The molecule has 0 aliphatic heterocycles. The smallest absolute Gasteiger partial charge is 0.0640 e. The summed E-state index contributed by atoms with van der Waals surface area (Å²) < 4.78 is 1.89. The third-order valence-corrected chi connectivity index (χ3v) is 4.02. The van der Waals surface area contributed by atoms with Gasteiger partial charge in [-0.05, 0) is 36.8 Å². The lowest BCUT2D eigenvalue weighted by molar-refractivity contribution is 0.221. The molecule has 1 rings (SSSR count). The summed E-state index contributed by atoms with van der Waals surface area (Å²) in [6, 6.07) is 2.66. The summed E-state index contributed by atoms with van der Waals surface area (Å²) in [6.07, 6.45) is 5.45. The van der Waals surface area contributed by atoms with Gasteiger partial charge >= 0.3 is 0 Å². The standard InChI is InChI=1S/C16H31N3/c1-7-9-17-15(11-13(2)16(3,4)5)12-14-8-10-19(6)18-14/h8,10,13,15,17H,7,9,11-12H2,1-6H3. The van der Waals surface area contributed by atoms with E-state index in [1.807, 2.05) is 17.9 Å². The minimum absolute atomic E-state index is 0.371. The fourth-order valence-electron chi connectivity index (χ4n) is 2.19. The average Bonchev–Trinajstić information content (AvgIpc) is 2.70. The van der Waals surface area contributed by atoms with Crippen LogP contribution < -0.4 is 5.32 Å². The molecule has 0 aliphatic carbocycles. The fourth-order valence-corrected chi connectivity index (χ4v) is 2.19. The summed E-state index contributed by atoms with van der Waals surface area (Å²) in [4.78, 5) is 0. The van der Waals surface area contributed by atoms with Crippen molar-refractivity contribution in [2.45, 2.75) is 59.9 Å². The third kappa shape index (κ3) is 5.77. The Balaban J connectivity index is 2.61. The van der Waals surface area contributed by atoms with Crippen molar-refractivity contribution in [1.82, 2.24) is 15.1 Å². The maximum atomic E-state index is 4.50. The number of aryl methyl sites for hydroxylation is 1. The Morgan fingerprint density at radius 2 is 2.05 bits per heavy atom.